The molecule has 0 heterocycles. The maximum atomic E-state index is 3.93. The van der Waals surface area contributed by atoms with Crippen LogP contribution in [0.1, 0.15) is 45.4 Å². The normalized spacial score (nSPS) is 59.5. The zero-order chi connectivity index (χ0) is 9.05. The molecule has 0 aromatic carbocycles. The first-order valence-corrected chi connectivity index (χ1v) is 6.73. The highest BCUT2D eigenvalue weighted by Crippen LogP contribution is 2.60. The molecule has 3 fully saturated rings. The highest BCUT2D eigenvalue weighted by Gasteiger charge is 2.51. The molecule has 3 bridgehead atoms. The van der Waals surface area contributed by atoms with Gasteiger partial charge in [-0.15, -0.1) is 0 Å². The van der Waals surface area contributed by atoms with E-state index in [4.69, 9.17) is 0 Å². The van der Waals surface area contributed by atoms with E-state index in [1.807, 2.05) is 0 Å². The van der Waals surface area contributed by atoms with Crippen molar-refractivity contribution in [2.75, 3.05) is 0 Å². The van der Waals surface area contributed by atoms with Crippen LogP contribution in [-0.2, 0) is 0 Å². The van der Waals surface area contributed by atoms with E-state index in [1.54, 1.807) is 6.42 Å². The van der Waals surface area contributed by atoms with Gasteiger partial charge in [-0.25, -0.2) is 0 Å². The first-order chi connectivity index (χ1) is 6.17. The topological polar surface area (TPSA) is 0 Å². The zero-order valence-electron chi connectivity index (χ0n) is 8.43. The van der Waals surface area contributed by atoms with Crippen LogP contribution in [0.2, 0.25) is 0 Å². The number of alkyl halides is 1. The molecule has 0 N–H and O–H groups in total. The fourth-order valence-electron chi connectivity index (χ4n) is 4.61. The van der Waals surface area contributed by atoms with Gasteiger partial charge in [0.05, 0.1) is 0 Å². The van der Waals surface area contributed by atoms with Crippen LogP contribution in [-0.4, -0.2) is 4.83 Å². The predicted molar refractivity (Wildman–Crippen MR) is 59.0 cm³/mol. The van der Waals surface area contributed by atoms with E-state index in [0.29, 0.717) is 0 Å². The Morgan fingerprint density at radius 2 is 1.85 bits per heavy atom. The smallest absolute Gasteiger partial charge is 0.0181 e. The molecule has 5 atom stereocenters. The highest BCUT2D eigenvalue weighted by molar-refractivity contribution is 9.09. The van der Waals surface area contributed by atoms with Crippen molar-refractivity contribution in [3.63, 3.8) is 0 Å². The molecule has 0 spiro atoms. The van der Waals surface area contributed by atoms with Crippen LogP contribution in [0.25, 0.3) is 0 Å². The van der Waals surface area contributed by atoms with Crippen molar-refractivity contribution in [3.8, 4) is 0 Å². The minimum Gasteiger partial charge on any atom is -0.0887 e. The van der Waals surface area contributed by atoms with Crippen LogP contribution in [0.4, 0.5) is 0 Å². The average molecular weight is 243 g/mol. The lowest BCUT2D eigenvalue weighted by Gasteiger charge is -2.57. The largest absolute Gasteiger partial charge is 0.0887 e. The Hall–Kier alpha value is 0.480. The summed E-state index contributed by atoms with van der Waals surface area (Å²) >= 11 is 3.93. The number of hydrogen-bond acceptors (Lipinski definition) is 0. The average Bonchev–Trinajstić information content (AvgIpc) is 1.99. The Bertz CT molecular complexity index is 219. The van der Waals surface area contributed by atoms with E-state index in [1.165, 1.54) is 32.1 Å². The van der Waals surface area contributed by atoms with Crippen LogP contribution >= 0.6 is 15.9 Å². The zero-order valence-corrected chi connectivity index (χ0v) is 10.0. The van der Waals surface area contributed by atoms with Crippen molar-refractivity contribution in [2.24, 2.45) is 23.2 Å². The second-order valence-electron chi connectivity index (χ2n) is 5.97. The summed E-state index contributed by atoms with van der Waals surface area (Å²) in [5.41, 5.74) is 0.720. The summed E-state index contributed by atoms with van der Waals surface area (Å²) in [6.07, 6.45) is 9.12. The van der Waals surface area contributed by atoms with Crippen molar-refractivity contribution < 1.29 is 0 Å². The Kier molecular flexibility index (Phi) is 1.85. The van der Waals surface area contributed by atoms with Gasteiger partial charge in [0.1, 0.15) is 0 Å². The molecule has 3 aliphatic carbocycles. The van der Waals surface area contributed by atoms with E-state index in [9.17, 15) is 0 Å². The third-order valence-corrected chi connectivity index (χ3v) is 5.96. The molecule has 1 heteroatoms. The quantitative estimate of drug-likeness (QED) is 0.564. The van der Waals surface area contributed by atoms with Gasteiger partial charge in [-0.1, -0.05) is 29.3 Å². The first-order valence-electron chi connectivity index (χ1n) is 5.81. The molecule has 3 aliphatic rings. The molecule has 3 rings (SSSR count). The number of fused-ring (bicyclic) bond motifs is 2. The van der Waals surface area contributed by atoms with Gasteiger partial charge in [0.15, 0.2) is 0 Å². The van der Waals surface area contributed by atoms with Gasteiger partial charge in [-0.05, 0) is 55.3 Å². The third-order valence-electron chi connectivity index (χ3n) is 4.95. The molecule has 0 saturated heterocycles. The van der Waals surface area contributed by atoms with Gasteiger partial charge in [-0.3, -0.25) is 0 Å². The molecule has 5 unspecified atom stereocenters. The minimum absolute atomic E-state index is 0.720. The summed E-state index contributed by atoms with van der Waals surface area (Å²) in [5.74, 6) is 3.16. The lowest BCUT2D eigenvalue weighted by atomic mass is 9.50. The molecule has 3 saturated carbocycles. The number of rotatable bonds is 0. The molecular weight excluding hydrogens is 224 g/mol. The standard InChI is InChI=1S/C12H19Br/c1-12-6-8-2-3-10(12)11(13)5-9(4-8)7-12/h8-11H,2-7H2,1H3. The van der Waals surface area contributed by atoms with Gasteiger partial charge in [0.2, 0.25) is 0 Å². The van der Waals surface area contributed by atoms with E-state index in [-0.39, 0.29) is 0 Å². The van der Waals surface area contributed by atoms with Crippen molar-refractivity contribution in [3.05, 3.63) is 0 Å². The molecule has 0 radical (unpaired) electrons. The number of halogens is 1. The molecule has 13 heavy (non-hydrogen) atoms. The first kappa shape index (κ1) is 8.76. The van der Waals surface area contributed by atoms with Crippen LogP contribution < -0.4 is 0 Å². The Labute approximate surface area is 89.6 Å². The van der Waals surface area contributed by atoms with Crippen molar-refractivity contribution in [1.29, 1.82) is 0 Å². The van der Waals surface area contributed by atoms with Gasteiger partial charge >= 0.3 is 0 Å². The fraction of sp³-hybridized carbons (Fsp3) is 1.00. The highest BCUT2D eigenvalue weighted by atomic mass is 79.9. The van der Waals surface area contributed by atoms with Crippen molar-refractivity contribution >= 4 is 15.9 Å². The molecule has 0 aliphatic heterocycles. The Morgan fingerprint density at radius 3 is 2.69 bits per heavy atom. The second kappa shape index (κ2) is 2.74. The molecule has 0 aromatic rings. The molecular formula is C12H19Br. The van der Waals surface area contributed by atoms with E-state index in [2.05, 4.69) is 22.9 Å². The Morgan fingerprint density at radius 1 is 1.08 bits per heavy atom. The Balaban J connectivity index is 1.96. The van der Waals surface area contributed by atoms with Crippen LogP contribution in [0, 0.1) is 23.2 Å². The van der Waals surface area contributed by atoms with Gasteiger partial charge < -0.3 is 0 Å². The lowest BCUT2D eigenvalue weighted by molar-refractivity contribution is -0.0376. The summed E-state index contributed by atoms with van der Waals surface area (Å²) < 4.78 is 0. The van der Waals surface area contributed by atoms with Gasteiger partial charge in [-0.2, -0.15) is 0 Å². The predicted octanol–water partition coefficient (Wildman–Crippen LogP) is 3.99. The fourth-order valence-corrected chi connectivity index (χ4v) is 6.04. The molecule has 0 aromatic heterocycles. The summed E-state index contributed by atoms with van der Waals surface area (Å²) in [7, 11) is 0. The maximum absolute atomic E-state index is 3.93. The third kappa shape index (κ3) is 1.22. The van der Waals surface area contributed by atoms with E-state index in [0.717, 1.165) is 28.0 Å². The number of hydrogen-bond donors (Lipinski definition) is 0. The van der Waals surface area contributed by atoms with Gasteiger partial charge in [0.25, 0.3) is 0 Å². The van der Waals surface area contributed by atoms with Gasteiger partial charge in [0, 0.05) is 4.83 Å². The van der Waals surface area contributed by atoms with Crippen LogP contribution in [0.5, 0.6) is 0 Å². The maximum Gasteiger partial charge on any atom is 0.0181 e. The monoisotopic (exact) mass is 242 g/mol. The van der Waals surface area contributed by atoms with Crippen molar-refractivity contribution in [2.45, 2.75) is 50.3 Å². The summed E-state index contributed by atoms with van der Waals surface area (Å²) in [5, 5.41) is 0. The van der Waals surface area contributed by atoms with E-state index >= 15 is 0 Å². The van der Waals surface area contributed by atoms with Crippen LogP contribution in [0.3, 0.4) is 0 Å². The van der Waals surface area contributed by atoms with E-state index < -0.39 is 0 Å². The lowest BCUT2D eigenvalue weighted by Crippen LogP contribution is -2.49. The summed E-state index contributed by atoms with van der Waals surface area (Å²) in [4.78, 5) is 0.845. The SMILES string of the molecule is CC12CC3CCC1C(Br)CC(C3)C2. The van der Waals surface area contributed by atoms with Crippen molar-refractivity contribution in [1.82, 2.24) is 0 Å². The summed E-state index contributed by atoms with van der Waals surface area (Å²) in [6, 6.07) is 0. The molecule has 74 valence electrons. The second-order valence-corrected chi connectivity index (χ2v) is 7.14. The van der Waals surface area contributed by atoms with Crippen LogP contribution in [0.15, 0.2) is 0 Å². The molecule has 0 nitrogen and oxygen atoms in total. The minimum atomic E-state index is 0.720. The summed E-state index contributed by atoms with van der Waals surface area (Å²) in [6.45, 7) is 2.56. The molecule has 0 amide bonds.